The van der Waals surface area contributed by atoms with Crippen LogP contribution < -0.4 is 0 Å². The molecule has 1 atom stereocenters. The summed E-state index contributed by atoms with van der Waals surface area (Å²) in [5.74, 6) is -0.810. The van der Waals surface area contributed by atoms with Gasteiger partial charge in [0.2, 0.25) is 15.9 Å². The maximum absolute atomic E-state index is 12.4. The molecule has 1 aliphatic heterocycles. The van der Waals surface area contributed by atoms with Gasteiger partial charge in [-0.3, -0.25) is 9.59 Å². The molecule has 20 heavy (non-hydrogen) atoms. The molecule has 1 rings (SSSR count). The van der Waals surface area contributed by atoms with Crippen LogP contribution in [0.5, 0.6) is 0 Å². The van der Waals surface area contributed by atoms with Crippen molar-refractivity contribution >= 4 is 21.9 Å². The molecule has 0 N–H and O–H groups in total. The quantitative estimate of drug-likeness (QED) is 0.636. The van der Waals surface area contributed by atoms with Gasteiger partial charge in [-0.1, -0.05) is 0 Å². The van der Waals surface area contributed by atoms with E-state index in [1.54, 1.807) is 13.8 Å². The molecule has 0 aromatic heterocycles. The van der Waals surface area contributed by atoms with Crippen molar-refractivity contribution in [3.8, 4) is 0 Å². The van der Waals surface area contributed by atoms with Crippen molar-refractivity contribution in [1.82, 2.24) is 9.21 Å². The Morgan fingerprint density at radius 2 is 2.00 bits per heavy atom. The molecule has 1 unspecified atom stereocenters. The van der Waals surface area contributed by atoms with Gasteiger partial charge in [0, 0.05) is 13.1 Å². The van der Waals surface area contributed by atoms with Crippen LogP contribution in [0.3, 0.4) is 0 Å². The first kappa shape index (κ1) is 16.9. The molecule has 1 amide bonds. The summed E-state index contributed by atoms with van der Waals surface area (Å²) in [4.78, 5) is 25.2. The summed E-state index contributed by atoms with van der Waals surface area (Å²) in [6, 6.07) is -0.695. The van der Waals surface area contributed by atoms with Gasteiger partial charge >= 0.3 is 5.97 Å². The normalized spacial score (nSPS) is 19.9. The van der Waals surface area contributed by atoms with Gasteiger partial charge in [0.15, 0.2) is 0 Å². The van der Waals surface area contributed by atoms with E-state index in [-0.39, 0.29) is 19.1 Å². The van der Waals surface area contributed by atoms with Crippen LogP contribution in [0.15, 0.2) is 0 Å². The van der Waals surface area contributed by atoms with Crippen LogP contribution >= 0.6 is 0 Å². The summed E-state index contributed by atoms with van der Waals surface area (Å²) in [6.07, 6.45) is 2.24. The van der Waals surface area contributed by atoms with Crippen molar-refractivity contribution < 1.29 is 22.7 Å². The number of ether oxygens (including phenoxy) is 1. The Bertz CT molecular complexity index is 462. The van der Waals surface area contributed by atoms with Crippen LogP contribution in [0.2, 0.25) is 0 Å². The summed E-state index contributed by atoms with van der Waals surface area (Å²) < 4.78 is 29.3. The van der Waals surface area contributed by atoms with Gasteiger partial charge in [0.1, 0.15) is 12.6 Å². The second-order valence-electron chi connectivity index (χ2n) is 4.69. The van der Waals surface area contributed by atoms with E-state index in [4.69, 9.17) is 4.74 Å². The average Bonchev–Trinajstić information content (AvgIpc) is 2.84. The molecule has 0 aromatic carbocycles. The van der Waals surface area contributed by atoms with Crippen molar-refractivity contribution in [2.75, 3.05) is 32.5 Å². The number of carbonyl (C=O) groups is 2. The Balaban J connectivity index is 2.78. The lowest BCUT2D eigenvalue weighted by Crippen LogP contribution is -2.48. The highest BCUT2D eigenvalue weighted by atomic mass is 32.2. The third-order valence-corrected chi connectivity index (χ3v) is 4.52. The van der Waals surface area contributed by atoms with E-state index in [1.165, 1.54) is 9.21 Å². The highest BCUT2D eigenvalue weighted by Crippen LogP contribution is 2.22. The Hall–Kier alpha value is -1.15. The van der Waals surface area contributed by atoms with Gasteiger partial charge in [0.05, 0.1) is 12.9 Å². The Morgan fingerprint density at radius 3 is 2.50 bits per heavy atom. The molecule has 0 spiro atoms. The average molecular weight is 306 g/mol. The van der Waals surface area contributed by atoms with E-state index in [1.807, 2.05) is 0 Å². The molecule has 0 aliphatic carbocycles. The number of esters is 1. The highest BCUT2D eigenvalue weighted by Gasteiger charge is 2.38. The Morgan fingerprint density at radius 1 is 1.35 bits per heavy atom. The van der Waals surface area contributed by atoms with Gasteiger partial charge in [-0.25, -0.2) is 8.42 Å². The lowest BCUT2D eigenvalue weighted by atomic mass is 10.2. The lowest BCUT2D eigenvalue weighted by Gasteiger charge is -2.27. The fourth-order valence-corrected chi connectivity index (χ4v) is 3.42. The van der Waals surface area contributed by atoms with Crippen molar-refractivity contribution in [2.24, 2.45) is 0 Å². The number of rotatable bonds is 6. The second-order valence-corrected chi connectivity index (χ2v) is 6.62. The van der Waals surface area contributed by atoms with Gasteiger partial charge < -0.3 is 9.64 Å². The van der Waals surface area contributed by atoms with Crippen molar-refractivity contribution in [2.45, 2.75) is 32.7 Å². The topological polar surface area (TPSA) is 84.0 Å². The fraction of sp³-hybridized carbons (Fsp3) is 0.833. The number of hydrogen-bond donors (Lipinski definition) is 0. The zero-order chi connectivity index (χ0) is 15.3. The standard InChI is InChI=1S/C12H22N2O5S/c1-4-13(9-11(15)19-5-2)12(16)10-7-6-8-14(10)20(3,17)18/h10H,4-9H2,1-3H3. The van der Waals surface area contributed by atoms with E-state index < -0.39 is 22.0 Å². The predicted octanol–water partition coefficient (Wildman–Crippen LogP) is -0.178. The number of hydrogen-bond acceptors (Lipinski definition) is 5. The first-order valence-corrected chi connectivity index (χ1v) is 8.57. The summed E-state index contributed by atoms with van der Waals surface area (Å²) >= 11 is 0. The Labute approximate surface area is 119 Å². The van der Waals surface area contributed by atoms with Crippen LogP contribution in [-0.2, 0) is 24.3 Å². The minimum atomic E-state index is -3.41. The molecule has 7 nitrogen and oxygen atoms in total. The number of carbonyl (C=O) groups excluding carboxylic acids is 2. The molecule has 1 saturated heterocycles. The minimum Gasteiger partial charge on any atom is -0.465 e. The monoisotopic (exact) mass is 306 g/mol. The third-order valence-electron chi connectivity index (χ3n) is 3.23. The lowest BCUT2D eigenvalue weighted by molar-refractivity contribution is -0.149. The molecular weight excluding hydrogens is 284 g/mol. The minimum absolute atomic E-state index is 0.142. The third kappa shape index (κ3) is 4.17. The smallest absolute Gasteiger partial charge is 0.325 e. The number of likely N-dealkylation sites (N-methyl/N-ethyl adjacent to an activating group) is 1. The van der Waals surface area contributed by atoms with Crippen molar-refractivity contribution in [3.05, 3.63) is 0 Å². The van der Waals surface area contributed by atoms with E-state index in [0.29, 0.717) is 25.9 Å². The van der Waals surface area contributed by atoms with Crippen LogP contribution in [0.4, 0.5) is 0 Å². The molecule has 1 heterocycles. The van der Waals surface area contributed by atoms with Crippen LogP contribution in [0.1, 0.15) is 26.7 Å². The first-order valence-electron chi connectivity index (χ1n) is 6.72. The van der Waals surface area contributed by atoms with Gasteiger partial charge in [0.25, 0.3) is 0 Å². The second kappa shape index (κ2) is 7.03. The van der Waals surface area contributed by atoms with Gasteiger partial charge in [-0.05, 0) is 26.7 Å². The van der Waals surface area contributed by atoms with Gasteiger partial charge in [-0.15, -0.1) is 0 Å². The van der Waals surface area contributed by atoms with Crippen molar-refractivity contribution in [3.63, 3.8) is 0 Å². The fourth-order valence-electron chi connectivity index (χ4n) is 2.30. The van der Waals surface area contributed by atoms with Crippen molar-refractivity contribution in [1.29, 1.82) is 0 Å². The van der Waals surface area contributed by atoms with E-state index in [2.05, 4.69) is 0 Å². The number of nitrogens with zero attached hydrogens (tertiary/aromatic N) is 2. The van der Waals surface area contributed by atoms with Crippen LogP contribution in [0.25, 0.3) is 0 Å². The maximum Gasteiger partial charge on any atom is 0.325 e. The zero-order valence-electron chi connectivity index (χ0n) is 12.2. The molecule has 1 aliphatic rings. The van der Waals surface area contributed by atoms with E-state index in [9.17, 15) is 18.0 Å². The molecule has 8 heteroatoms. The summed E-state index contributed by atoms with van der Waals surface area (Å²) in [7, 11) is -3.41. The molecular formula is C12H22N2O5S. The summed E-state index contributed by atoms with van der Waals surface area (Å²) in [5.41, 5.74) is 0. The molecule has 0 bridgehead atoms. The molecule has 0 radical (unpaired) electrons. The van der Waals surface area contributed by atoms with E-state index in [0.717, 1.165) is 6.26 Å². The Kier molecular flexibility index (Phi) is 5.94. The van der Waals surface area contributed by atoms with E-state index >= 15 is 0 Å². The van der Waals surface area contributed by atoms with Crippen LogP contribution in [-0.4, -0.2) is 68.0 Å². The first-order chi connectivity index (χ1) is 9.31. The molecule has 116 valence electrons. The highest BCUT2D eigenvalue weighted by molar-refractivity contribution is 7.88. The SMILES string of the molecule is CCOC(=O)CN(CC)C(=O)C1CCCN1S(C)(=O)=O. The summed E-state index contributed by atoms with van der Waals surface area (Å²) in [6.45, 7) is 4.24. The molecule has 0 saturated carbocycles. The number of amides is 1. The van der Waals surface area contributed by atoms with Gasteiger partial charge in [-0.2, -0.15) is 4.31 Å². The predicted molar refractivity (Wildman–Crippen MR) is 73.5 cm³/mol. The summed E-state index contributed by atoms with van der Waals surface area (Å²) in [5, 5.41) is 0. The largest absolute Gasteiger partial charge is 0.465 e. The molecule has 0 aromatic rings. The zero-order valence-corrected chi connectivity index (χ0v) is 13.0. The number of sulfonamides is 1. The molecule has 1 fully saturated rings. The maximum atomic E-state index is 12.4. The van der Waals surface area contributed by atoms with Crippen LogP contribution in [0, 0.1) is 0 Å².